The van der Waals surface area contributed by atoms with E-state index in [2.05, 4.69) is 10.6 Å². The Morgan fingerprint density at radius 2 is 1.68 bits per heavy atom. The largest absolute Gasteiger partial charge is 0.379 e. The van der Waals surface area contributed by atoms with Crippen LogP contribution in [0.3, 0.4) is 0 Å². The molecule has 0 bridgehead atoms. The van der Waals surface area contributed by atoms with Gasteiger partial charge in [0.05, 0.1) is 56.3 Å². The van der Waals surface area contributed by atoms with Crippen LogP contribution >= 0.6 is 0 Å². The normalized spacial score (nSPS) is 17.7. The molecule has 5 amide bonds. The molecule has 11 nitrogen and oxygen atoms in total. The first-order valence-corrected chi connectivity index (χ1v) is 11.3. The summed E-state index contributed by atoms with van der Waals surface area (Å²) in [6, 6.07) is 3.46. The number of nitrogens with zero attached hydrogens (tertiary/aromatic N) is 1. The summed E-state index contributed by atoms with van der Waals surface area (Å²) in [6.07, 6.45) is 1.09. The van der Waals surface area contributed by atoms with Crippen molar-refractivity contribution in [2.24, 2.45) is 0 Å². The molecule has 2 aliphatic rings. The highest BCUT2D eigenvalue weighted by Gasteiger charge is 2.45. The molecule has 11 heteroatoms. The zero-order valence-electron chi connectivity index (χ0n) is 19.1. The van der Waals surface area contributed by atoms with Gasteiger partial charge in [-0.25, -0.2) is 0 Å². The average Bonchev–Trinajstić information content (AvgIpc) is 3.06. The fourth-order valence-electron chi connectivity index (χ4n) is 3.68. The van der Waals surface area contributed by atoms with E-state index in [9.17, 15) is 24.0 Å². The third-order valence-electron chi connectivity index (χ3n) is 5.31. The van der Waals surface area contributed by atoms with Crippen LogP contribution in [0.4, 0.5) is 5.69 Å². The summed E-state index contributed by atoms with van der Waals surface area (Å²) in [7, 11) is 0. The van der Waals surface area contributed by atoms with Crippen LogP contribution in [0.1, 0.15) is 53.3 Å². The molecule has 1 aromatic carbocycles. The third-order valence-corrected chi connectivity index (χ3v) is 5.31. The lowest BCUT2D eigenvalue weighted by atomic mass is 10.0. The number of imide groups is 2. The van der Waals surface area contributed by atoms with Gasteiger partial charge < -0.3 is 19.5 Å². The van der Waals surface area contributed by atoms with E-state index in [1.807, 2.05) is 6.92 Å². The van der Waals surface area contributed by atoms with Gasteiger partial charge in [-0.05, 0) is 25.0 Å². The van der Waals surface area contributed by atoms with Gasteiger partial charge in [-0.15, -0.1) is 0 Å². The quantitative estimate of drug-likeness (QED) is 0.316. The van der Waals surface area contributed by atoms with Crippen molar-refractivity contribution < 1.29 is 38.2 Å². The van der Waals surface area contributed by atoms with Crippen molar-refractivity contribution in [1.82, 2.24) is 10.2 Å². The molecule has 1 aromatic rings. The van der Waals surface area contributed by atoms with Crippen molar-refractivity contribution in [3.8, 4) is 0 Å². The number of ether oxygens (including phenoxy) is 3. The molecular formula is C23H29N3O8. The Morgan fingerprint density at radius 3 is 2.35 bits per heavy atom. The number of amides is 5. The van der Waals surface area contributed by atoms with Gasteiger partial charge >= 0.3 is 0 Å². The Balaban J connectivity index is 1.48. The van der Waals surface area contributed by atoms with Crippen molar-refractivity contribution in [3.63, 3.8) is 0 Å². The number of benzene rings is 1. The van der Waals surface area contributed by atoms with Crippen molar-refractivity contribution in [2.45, 2.75) is 38.6 Å². The fraction of sp³-hybridized carbons (Fsp3) is 0.522. The molecule has 2 heterocycles. The molecule has 1 saturated heterocycles. The van der Waals surface area contributed by atoms with Crippen LogP contribution in [0.15, 0.2) is 18.2 Å². The molecule has 184 valence electrons. The monoisotopic (exact) mass is 475 g/mol. The number of fused-ring (bicyclic) bond motifs is 1. The van der Waals surface area contributed by atoms with E-state index in [4.69, 9.17) is 14.2 Å². The first-order valence-electron chi connectivity index (χ1n) is 11.3. The predicted octanol–water partition coefficient (Wildman–Crippen LogP) is 0.876. The van der Waals surface area contributed by atoms with E-state index >= 15 is 0 Å². The third kappa shape index (κ3) is 6.25. The van der Waals surface area contributed by atoms with Crippen molar-refractivity contribution in [3.05, 3.63) is 29.3 Å². The Hall–Kier alpha value is -3.15. The molecule has 0 aromatic heterocycles. The zero-order chi connectivity index (χ0) is 24.5. The molecule has 1 atom stereocenters. The molecule has 34 heavy (non-hydrogen) atoms. The maximum atomic E-state index is 13.0. The molecule has 0 aliphatic carbocycles. The molecular weight excluding hydrogens is 446 g/mol. The zero-order valence-corrected chi connectivity index (χ0v) is 19.1. The summed E-state index contributed by atoms with van der Waals surface area (Å²) >= 11 is 0. The molecule has 0 saturated carbocycles. The predicted molar refractivity (Wildman–Crippen MR) is 119 cm³/mol. The fourth-order valence-corrected chi connectivity index (χ4v) is 3.68. The van der Waals surface area contributed by atoms with E-state index in [-0.39, 0.29) is 48.6 Å². The highest BCUT2D eigenvalue weighted by atomic mass is 16.5. The Kier molecular flexibility index (Phi) is 9.25. The minimum Gasteiger partial charge on any atom is -0.379 e. The molecule has 1 unspecified atom stereocenters. The SMILES string of the molecule is CCCOCCOCCOCCC(=O)Nc1cccc2c1C(=O)N(C1CCC(=O)NC1=O)C2=O. The lowest BCUT2D eigenvalue weighted by Gasteiger charge is -2.27. The standard InChI is InChI=1S/C23H29N3O8/c1-2-9-32-11-13-34-14-12-33-10-8-19(28)24-16-5-3-4-15-20(16)23(31)26(22(15)30)17-6-7-18(27)25-21(17)29/h3-5,17H,2,6-14H2,1H3,(H,24,28)(H,25,27,29). The van der Waals surface area contributed by atoms with Gasteiger partial charge in [-0.2, -0.15) is 0 Å². The lowest BCUT2D eigenvalue weighted by molar-refractivity contribution is -0.136. The maximum absolute atomic E-state index is 13.0. The number of nitrogens with one attached hydrogen (secondary N) is 2. The van der Waals surface area contributed by atoms with Gasteiger partial charge in [-0.1, -0.05) is 13.0 Å². The number of piperidine rings is 1. The van der Waals surface area contributed by atoms with Gasteiger partial charge in [0, 0.05) is 13.0 Å². The average molecular weight is 475 g/mol. The number of carbonyl (C=O) groups excluding carboxylic acids is 5. The second kappa shape index (κ2) is 12.4. The van der Waals surface area contributed by atoms with Crippen molar-refractivity contribution >= 4 is 35.2 Å². The molecule has 0 radical (unpaired) electrons. The summed E-state index contributed by atoms with van der Waals surface area (Å²) in [6.45, 7) is 4.61. The van der Waals surface area contributed by atoms with E-state index in [1.165, 1.54) is 12.1 Å². The topological polar surface area (TPSA) is 140 Å². The highest BCUT2D eigenvalue weighted by Crippen LogP contribution is 2.32. The molecule has 0 spiro atoms. The van der Waals surface area contributed by atoms with E-state index < -0.39 is 29.7 Å². The van der Waals surface area contributed by atoms with Crippen LogP contribution in [-0.2, 0) is 28.6 Å². The minimum absolute atomic E-state index is 0.0326. The second-order valence-electron chi connectivity index (χ2n) is 7.81. The summed E-state index contributed by atoms with van der Waals surface area (Å²) in [4.78, 5) is 62.7. The lowest BCUT2D eigenvalue weighted by Crippen LogP contribution is -2.54. The summed E-state index contributed by atoms with van der Waals surface area (Å²) < 4.78 is 16.0. The van der Waals surface area contributed by atoms with Gasteiger partial charge in [0.25, 0.3) is 11.8 Å². The van der Waals surface area contributed by atoms with Gasteiger partial charge in [-0.3, -0.25) is 34.2 Å². The first kappa shape index (κ1) is 25.5. The summed E-state index contributed by atoms with van der Waals surface area (Å²) in [5, 5.41) is 4.80. The number of carbonyl (C=O) groups is 5. The summed E-state index contributed by atoms with van der Waals surface area (Å²) in [5.74, 6) is -2.83. The first-order chi connectivity index (χ1) is 16.4. The van der Waals surface area contributed by atoms with Crippen LogP contribution in [0.25, 0.3) is 0 Å². The smallest absolute Gasteiger partial charge is 0.264 e. The Bertz CT molecular complexity index is 948. The van der Waals surface area contributed by atoms with E-state index in [0.717, 1.165) is 11.3 Å². The van der Waals surface area contributed by atoms with Crippen LogP contribution in [0, 0.1) is 0 Å². The molecule has 2 N–H and O–H groups in total. The van der Waals surface area contributed by atoms with Crippen LogP contribution in [0.5, 0.6) is 0 Å². The minimum atomic E-state index is -1.07. The molecule has 3 rings (SSSR count). The van der Waals surface area contributed by atoms with Crippen molar-refractivity contribution in [2.75, 3.05) is 45.0 Å². The summed E-state index contributed by atoms with van der Waals surface area (Å²) in [5.41, 5.74) is 0.319. The highest BCUT2D eigenvalue weighted by molar-refractivity contribution is 6.26. The van der Waals surface area contributed by atoms with Gasteiger partial charge in [0.2, 0.25) is 17.7 Å². The number of hydrogen-bond donors (Lipinski definition) is 2. The number of anilines is 1. The van der Waals surface area contributed by atoms with Gasteiger partial charge in [0.15, 0.2) is 0 Å². The molecule has 1 fully saturated rings. The van der Waals surface area contributed by atoms with E-state index in [0.29, 0.717) is 33.0 Å². The van der Waals surface area contributed by atoms with E-state index in [1.54, 1.807) is 6.07 Å². The number of hydrogen-bond acceptors (Lipinski definition) is 8. The second-order valence-corrected chi connectivity index (χ2v) is 7.81. The van der Waals surface area contributed by atoms with Gasteiger partial charge in [0.1, 0.15) is 6.04 Å². The Labute approximate surface area is 197 Å². The Morgan fingerprint density at radius 1 is 1.00 bits per heavy atom. The van der Waals surface area contributed by atoms with Crippen LogP contribution < -0.4 is 10.6 Å². The van der Waals surface area contributed by atoms with Crippen LogP contribution in [0.2, 0.25) is 0 Å². The maximum Gasteiger partial charge on any atom is 0.264 e. The molecule has 2 aliphatic heterocycles. The van der Waals surface area contributed by atoms with Crippen molar-refractivity contribution in [1.29, 1.82) is 0 Å². The number of rotatable bonds is 13. The van der Waals surface area contributed by atoms with Crippen LogP contribution in [-0.4, -0.2) is 80.1 Å².